The molecule has 0 bridgehead atoms. The van der Waals surface area contributed by atoms with Gasteiger partial charge in [-0.05, 0) is 24.6 Å². The third-order valence-corrected chi connectivity index (χ3v) is 4.21. The minimum Gasteiger partial charge on any atom is -0.394 e. The van der Waals surface area contributed by atoms with E-state index in [1.165, 1.54) is 4.70 Å². The van der Waals surface area contributed by atoms with E-state index in [0.717, 1.165) is 30.8 Å². The first-order valence-electron chi connectivity index (χ1n) is 6.15. The number of rotatable bonds is 4. The molecule has 2 unspecified atom stereocenters. The molecule has 2 aromatic rings. The maximum atomic E-state index is 9.49. The molecular weight excluding hydrogens is 248 g/mol. The van der Waals surface area contributed by atoms with E-state index >= 15 is 0 Å². The Kier molecular flexibility index (Phi) is 3.45. The van der Waals surface area contributed by atoms with E-state index in [-0.39, 0.29) is 12.6 Å². The lowest BCUT2D eigenvalue weighted by Gasteiger charge is -2.22. The number of aliphatic hydroxyl groups excluding tert-OH is 1. The van der Waals surface area contributed by atoms with Crippen molar-refractivity contribution in [2.75, 3.05) is 25.1 Å². The highest BCUT2D eigenvalue weighted by molar-refractivity contribution is 7.16. The molecule has 4 nitrogen and oxygen atoms in total. The van der Waals surface area contributed by atoms with Crippen LogP contribution >= 0.6 is 11.3 Å². The Hall–Kier alpha value is -1.17. The van der Waals surface area contributed by atoms with Crippen molar-refractivity contribution in [3.63, 3.8) is 0 Å². The van der Waals surface area contributed by atoms with Gasteiger partial charge in [0.05, 0.1) is 35.0 Å². The summed E-state index contributed by atoms with van der Waals surface area (Å²) in [7, 11) is 0. The van der Waals surface area contributed by atoms with E-state index in [0.29, 0.717) is 5.92 Å². The van der Waals surface area contributed by atoms with Crippen LogP contribution in [0.4, 0.5) is 5.69 Å². The summed E-state index contributed by atoms with van der Waals surface area (Å²) in [6.07, 6.45) is 1.01. The normalized spacial score (nSPS) is 21.3. The number of fused-ring (bicyclic) bond motifs is 1. The van der Waals surface area contributed by atoms with E-state index in [4.69, 9.17) is 4.74 Å². The van der Waals surface area contributed by atoms with Crippen LogP contribution in [0.5, 0.6) is 0 Å². The fourth-order valence-corrected chi connectivity index (χ4v) is 3.06. The summed E-state index contributed by atoms with van der Waals surface area (Å²) in [6.45, 7) is 1.67. The first-order chi connectivity index (χ1) is 8.86. The summed E-state index contributed by atoms with van der Waals surface area (Å²) >= 11 is 1.63. The van der Waals surface area contributed by atoms with Crippen molar-refractivity contribution < 1.29 is 9.84 Å². The molecule has 0 spiro atoms. The van der Waals surface area contributed by atoms with E-state index in [9.17, 15) is 5.11 Å². The summed E-state index contributed by atoms with van der Waals surface area (Å²) in [6, 6.07) is 6.18. The lowest BCUT2D eigenvalue weighted by Crippen LogP contribution is -2.32. The van der Waals surface area contributed by atoms with E-state index in [2.05, 4.69) is 16.4 Å². The van der Waals surface area contributed by atoms with Gasteiger partial charge >= 0.3 is 0 Å². The number of benzene rings is 1. The highest BCUT2D eigenvalue weighted by atomic mass is 32.1. The Labute approximate surface area is 110 Å². The molecule has 1 aromatic heterocycles. The van der Waals surface area contributed by atoms with E-state index < -0.39 is 0 Å². The van der Waals surface area contributed by atoms with E-state index in [1.807, 2.05) is 17.6 Å². The SMILES string of the molecule is OCC(Nc1ccc2ncsc2c1)C1CCOC1. The lowest BCUT2D eigenvalue weighted by molar-refractivity contribution is 0.170. The molecule has 0 aliphatic carbocycles. The van der Waals surface area contributed by atoms with Crippen LogP contribution in [-0.4, -0.2) is 36.0 Å². The van der Waals surface area contributed by atoms with Gasteiger partial charge < -0.3 is 15.2 Å². The van der Waals surface area contributed by atoms with Gasteiger partial charge in [0, 0.05) is 18.2 Å². The van der Waals surface area contributed by atoms with Gasteiger partial charge in [-0.25, -0.2) is 4.98 Å². The number of hydrogen-bond acceptors (Lipinski definition) is 5. The largest absolute Gasteiger partial charge is 0.394 e. The van der Waals surface area contributed by atoms with Crippen molar-refractivity contribution in [3.05, 3.63) is 23.7 Å². The molecule has 1 aliphatic rings. The molecule has 1 saturated heterocycles. The summed E-state index contributed by atoms with van der Waals surface area (Å²) in [4.78, 5) is 4.26. The molecule has 0 radical (unpaired) electrons. The van der Waals surface area contributed by atoms with Crippen molar-refractivity contribution in [1.29, 1.82) is 0 Å². The van der Waals surface area contributed by atoms with Crippen LogP contribution in [0.2, 0.25) is 0 Å². The van der Waals surface area contributed by atoms with Crippen LogP contribution in [0.3, 0.4) is 0 Å². The second-order valence-corrected chi connectivity index (χ2v) is 5.48. The molecule has 18 heavy (non-hydrogen) atoms. The predicted molar refractivity (Wildman–Crippen MR) is 73.0 cm³/mol. The minimum atomic E-state index is 0.0675. The van der Waals surface area contributed by atoms with Crippen LogP contribution in [0.15, 0.2) is 23.7 Å². The van der Waals surface area contributed by atoms with Crippen LogP contribution in [0.1, 0.15) is 6.42 Å². The standard InChI is InChI=1S/C13H16N2O2S/c16-6-12(9-3-4-17-7-9)15-10-1-2-11-13(5-10)18-8-14-11/h1-2,5,8-9,12,15-16H,3-4,6-7H2. The Morgan fingerprint density at radius 3 is 3.28 bits per heavy atom. The number of thiazole rings is 1. The quantitative estimate of drug-likeness (QED) is 0.888. The van der Waals surface area contributed by atoms with Gasteiger partial charge in [-0.15, -0.1) is 11.3 Å². The van der Waals surface area contributed by atoms with Crippen molar-refractivity contribution in [3.8, 4) is 0 Å². The minimum absolute atomic E-state index is 0.0675. The van der Waals surface area contributed by atoms with Gasteiger partial charge in [0.15, 0.2) is 0 Å². The Morgan fingerprint density at radius 1 is 1.56 bits per heavy atom. The molecule has 0 amide bonds. The number of ether oxygens (including phenoxy) is 1. The monoisotopic (exact) mass is 264 g/mol. The molecule has 1 aromatic carbocycles. The van der Waals surface area contributed by atoms with Gasteiger partial charge in [0.2, 0.25) is 0 Å². The van der Waals surface area contributed by atoms with E-state index in [1.54, 1.807) is 11.3 Å². The maximum absolute atomic E-state index is 9.49. The van der Waals surface area contributed by atoms with Crippen LogP contribution in [0.25, 0.3) is 10.2 Å². The van der Waals surface area contributed by atoms with Gasteiger partial charge in [-0.1, -0.05) is 0 Å². The van der Waals surface area contributed by atoms with Crippen molar-refractivity contribution in [2.24, 2.45) is 5.92 Å². The van der Waals surface area contributed by atoms with Crippen LogP contribution < -0.4 is 5.32 Å². The van der Waals surface area contributed by atoms with Crippen molar-refractivity contribution in [2.45, 2.75) is 12.5 Å². The number of anilines is 1. The zero-order valence-electron chi connectivity index (χ0n) is 10.0. The number of nitrogens with zero attached hydrogens (tertiary/aromatic N) is 1. The zero-order chi connectivity index (χ0) is 12.4. The number of aromatic nitrogens is 1. The fourth-order valence-electron chi connectivity index (χ4n) is 2.34. The molecular formula is C13H16N2O2S. The smallest absolute Gasteiger partial charge is 0.0813 e. The maximum Gasteiger partial charge on any atom is 0.0813 e. The number of aliphatic hydroxyl groups is 1. The highest BCUT2D eigenvalue weighted by Crippen LogP contribution is 2.25. The second-order valence-electron chi connectivity index (χ2n) is 4.59. The molecule has 2 atom stereocenters. The van der Waals surface area contributed by atoms with Gasteiger partial charge in [-0.2, -0.15) is 0 Å². The summed E-state index contributed by atoms with van der Waals surface area (Å²) in [5.41, 5.74) is 3.91. The third-order valence-electron chi connectivity index (χ3n) is 3.41. The molecule has 96 valence electrons. The van der Waals surface area contributed by atoms with Crippen molar-refractivity contribution in [1.82, 2.24) is 4.98 Å². The molecule has 5 heteroatoms. The second kappa shape index (κ2) is 5.22. The molecule has 1 aliphatic heterocycles. The van der Waals surface area contributed by atoms with Crippen LogP contribution in [-0.2, 0) is 4.74 Å². The lowest BCUT2D eigenvalue weighted by atomic mass is 9.99. The van der Waals surface area contributed by atoms with Gasteiger partial charge in [0.1, 0.15) is 0 Å². The van der Waals surface area contributed by atoms with Crippen LogP contribution in [0, 0.1) is 5.92 Å². The first kappa shape index (κ1) is 11.9. The molecule has 2 heterocycles. The number of hydrogen-bond donors (Lipinski definition) is 2. The van der Waals surface area contributed by atoms with Gasteiger partial charge in [-0.3, -0.25) is 0 Å². The molecule has 1 fully saturated rings. The van der Waals surface area contributed by atoms with Crippen molar-refractivity contribution >= 4 is 27.2 Å². The Balaban J connectivity index is 1.76. The topological polar surface area (TPSA) is 54.4 Å². The average molecular weight is 264 g/mol. The first-order valence-corrected chi connectivity index (χ1v) is 7.03. The summed E-state index contributed by atoms with van der Waals surface area (Å²) in [5, 5.41) is 12.9. The Morgan fingerprint density at radius 2 is 2.50 bits per heavy atom. The highest BCUT2D eigenvalue weighted by Gasteiger charge is 2.25. The summed E-state index contributed by atoms with van der Waals surface area (Å²) in [5.74, 6) is 0.396. The van der Waals surface area contributed by atoms with Gasteiger partial charge in [0.25, 0.3) is 0 Å². The molecule has 3 rings (SSSR count). The molecule has 2 N–H and O–H groups in total. The summed E-state index contributed by atoms with van der Waals surface area (Å²) < 4.78 is 6.54. The average Bonchev–Trinajstić information content (AvgIpc) is 3.06. The predicted octanol–water partition coefficient (Wildman–Crippen LogP) is 2.11. The Bertz CT molecular complexity index is 522. The third kappa shape index (κ3) is 2.34. The fraction of sp³-hybridized carbons (Fsp3) is 0.462. The zero-order valence-corrected chi connectivity index (χ0v) is 10.8. The number of nitrogens with one attached hydrogen (secondary N) is 1. The molecule has 0 saturated carbocycles.